The van der Waals surface area contributed by atoms with Crippen LogP contribution in [0.25, 0.3) is 6.08 Å². The van der Waals surface area contributed by atoms with Gasteiger partial charge in [-0.2, -0.15) is 0 Å². The number of rotatable bonds is 5. The summed E-state index contributed by atoms with van der Waals surface area (Å²) in [5, 5.41) is 0.678. The highest BCUT2D eigenvalue weighted by atomic mass is 35.5. The maximum atomic E-state index is 12.5. The maximum Gasteiger partial charge on any atom is 0.246 e. The molecule has 5 heteroatoms. The van der Waals surface area contributed by atoms with Gasteiger partial charge in [-0.3, -0.25) is 4.79 Å². The lowest BCUT2D eigenvalue weighted by Gasteiger charge is -2.22. The molecule has 0 N–H and O–H groups in total. The summed E-state index contributed by atoms with van der Waals surface area (Å²) in [6.07, 6.45) is 3.38. The lowest BCUT2D eigenvalue weighted by Crippen LogP contribution is -2.28. The summed E-state index contributed by atoms with van der Waals surface area (Å²) in [6.45, 7) is 4.24. The van der Waals surface area contributed by atoms with Gasteiger partial charge < -0.3 is 14.4 Å². The van der Waals surface area contributed by atoms with Gasteiger partial charge in [-0.05, 0) is 48.4 Å². The number of nitrogens with zero attached hydrogens (tertiary/aromatic N) is 1. The van der Waals surface area contributed by atoms with Gasteiger partial charge in [0.25, 0.3) is 0 Å². The van der Waals surface area contributed by atoms with Crippen molar-refractivity contribution in [3.8, 4) is 11.5 Å². The van der Waals surface area contributed by atoms with E-state index in [4.69, 9.17) is 21.1 Å². The van der Waals surface area contributed by atoms with Crippen LogP contribution in [-0.4, -0.2) is 30.6 Å². The summed E-state index contributed by atoms with van der Waals surface area (Å²) in [4.78, 5) is 14.2. The predicted octanol–water partition coefficient (Wildman–Crippen LogP) is 4.17. The number of ether oxygens (including phenoxy) is 2. The number of halogens is 1. The third-order valence-electron chi connectivity index (χ3n) is 3.96. The average molecular weight is 358 g/mol. The highest BCUT2D eigenvalue weighted by Gasteiger charge is 2.14. The van der Waals surface area contributed by atoms with Gasteiger partial charge in [0.2, 0.25) is 5.91 Å². The molecular formula is C20H20ClNO3. The third kappa shape index (κ3) is 4.54. The molecule has 0 fully saturated rings. The van der Waals surface area contributed by atoms with Gasteiger partial charge in [-0.25, -0.2) is 0 Å². The molecule has 0 bridgehead atoms. The second-order valence-corrected chi connectivity index (χ2v) is 6.15. The van der Waals surface area contributed by atoms with Crippen LogP contribution in [0.3, 0.4) is 0 Å². The second-order valence-electron chi connectivity index (χ2n) is 5.72. The predicted molar refractivity (Wildman–Crippen MR) is 99.0 cm³/mol. The maximum absolute atomic E-state index is 12.5. The third-order valence-corrected chi connectivity index (χ3v) is 4.21. The number of hydrogen-bond donors (Lipinski definition) is 0. The summed E-state index contributed by atoms with van der Waals surface area (Å²) >= 11 is 5.87. The van der Waals surface area contributed by atoms with Crippen molar-refractivity contribution in [3.63, 3.8) is 0 Å². The number of fused-ring (bicyclic) bond motifs is 1. The number of carbonyl (C=O) groups is 1. The van der Waals surface area contributed by atoms with E-state index in [1.54, 1.807) is 29.2 Å². The van der Waals surface area contributed by atoms with E-state index in [-0.39, 0.29) is 5.91 Å². The standard InChI is InChI=1S/C20H20ClNO3/c1-2-22(20(23)10-6-15-3-7-17(21)8-4-15)14-16-5-9-18-19(13-16)25-12-11-24-18/h3-10,13H,2,11-12,14H2,1H3/b10-6+. The van der Waals surface area contributed by atoms with Crippen LogP contribution < -0.4 is 9.47 Å². The van der Waals surface area contributed by atoms with Crippen molar-refractivity contribution in [2.75, 3.05) is 19.8 Å². The molecule has 0 radical (unpaired) electrons. The van der Waals surface area contributed by atoms with Crippen LogP contribution in [0, 0.1) is 0 Å². The Morgan fingerprint density at radius 1 is 1.12 bits per heavy atom. The average Bonchev–Trinajstić information content (AvgIpc) is 2.65. The highest BCUT2D eigenvalue weighted by Crippen LogP contribution is 2.31. The van der Waals surface area contributed by atoms with Crippen molar-refractivity contribution >= 4 is 23.6 Å². The molecule has 0 saturated heterocycles. The van der Waals surface area contributed by atoms with E-state index < -0.39 is 0 Å². The summed E-state index contributed by atoms with van der Waals surface area (Å²) in [5.74, 6) is 1.46. The van der Waals surface area contributed by atoms with E-state index in [0.717, 1.165) is 22.6 Å². The fourth-order valence-corrected chi connectivity index (χ4v) is 2.72. The molecule has 25 heavy (non-hydrogen) atoms. The molecular weight excluding hydrogens is 338 g/mol. The van der Waals surface area contributed by atoms with Crippen LogP contribution in [0.15, 0.2) is 48.5 Å². The number of likely N-dealkylation sites (N-methyl/N-ethyl adjacent to an activating group) is 1. The van der Waals surface area contributed by atoms with E-state index in [1.165, 1.54) is 0 Å². The molecule has 1 aliphatic rings. The summed E-state index contributed by atoms with van der Waals surface area (Å²) in [6, 6.07) is 13.2. The Morgan fingerprint density at radius 3 is 2.56 bits per heavy atom. The fraction of sp³-hybridized carbons (Fsp3) is 0.250. The van der Waals surface area contributed by atoms with Gasteiger partial charge in [0.05, 0.1) is 0 Å². The minimum Gasteiger partial charge on any atom is -0.486 e. The van der Waals surface area contributed by atoms with Gasteiger partial charge in [-0.1, -0.05) is 29.8 Å². The van der Waals surface area contributed by atoms with Gasteiger partial charge in [-0.15, -0.1) is 0 Å². The molecule has 1 amide bonds. The Bertz CT molecular complexity index is 771. The lowest BCUT2D eigenvalue weighted by molar-refractivity contribution is -0.126. The first-order chi connectivity index (χ1) is 12.2. The van der Waals surface area contributed by atoms with Gasteiger partial charge in [0.15, 0.2) is 11.5 Å². The van der Waals surface area contributed by atoms with Crippen LogP contribution >= 0.6 is 11.6 Å². The second kappa shape index (κ2) is 8.08. The van der Waals surface area contributed by atoms with Crippen LogP contribution in [0.5, 0.6) is 11.5 Å². The largest absolute Gasteiger partial charge is 0.486 e. The molecule has 2 aromatic carbocycles. The zero-order chi connectivity index (χ0) is 17.6. The molecule has 2 aromatic rings. The van der Waals surface area contributed by atoms with Crippen molar-refractivity contribution < 1.29 is 14.3 Å². The van der Waals surface area contributed by atoms with Crippen molar-refractivity contribution in [2.24, 2.45) is 0 Å². The van der Waals surface area contributed by atoms with Crippen molar-refractivity contribution in [1.29, 1.82) is 0 Å². The highest BCUT2D eigenvalue weighted by molar-refractivity contribution is 6.30. The minimum absolute atomic E-state index is 0.0349. The number of amides is 1. The molecule has 0 aromatic heterocycles. The normalized spacial score (nSPS) is 13.0. The Morgan fingerprint density at radius 2 is 1.84 bits per heavy atom. The number of hydrogen-bond acceptors (Lipinski definition) is 3. The molecule has 1 aliphatic heterocycles. The van der Waals surface area contributed by atoms with Gasteiger partial charge in [0.1, 0.15) is 13.2 Å². The van der Waals surface area contributed by atoms with Gasteiger partial charge >= 0.3 is 0 Å². The zero-order valence-corrected chi connectivity index (χ0v) is 14.8. The van der Waals surface area contributed by atoms with Crippen molar-refractivity contribution in [2.45, 2.75) is 13.5 Å². The van der Waals surface area contributed by atoms with E-state index >= 15 is 0 Å². The van der Waals surface area contributed by atoms with Crippen LogP contribution in [0.4, 0.5) is 0 Å². The minimum atomic E-state index is -0.0349. The summed E-state index contributed by atoms with van der Waals surface area (Å²) in [7, 11) is 0. The van der Waals surface area contributed by atoms with Crippen molar-refractivity contribution in [1.82, 2.24) is 4.90 Å². The lowest BCUT2D eigenvalue weighted by atomic mass is 10.1. The molecule has 1 heterocycles. The topological polar surface area (TPSA) is 38.8 Å². The number of benzene rings is 2. The molecule has 0 unspecified atom stereocenters. The monoisotopic (exact) mass is 357 g/mol. The molecule has 0 atom stereocenters. The van der Waals surface area contributed by atoms with Crippen molar-refractivity contribution in [3.05, 3.63) is 64.7 Å². The first-order valence-corrected chi connectivity index (χ1v) is 8.64. The Labute approximate surface area is 152 Å². The summed E-state index contributed by atoms with van der Waals surface area (Å²) in [5.41, 5.74) is 1.95. The van der Waals surface area contributed by atoms with Gasteiger partial charge in [0, 0.05) is 24.2 Å². The van der Waals surface area contributed by atoms with E-state index in [0.29, 0.717) is 31.3 Å². The molecule has 0 aliphatic carbocycles. The molecule has 3 rings (SSSR count). The Kier molecular flexibility index (Phi) is 5.61. The molecule has 0 saturated carbocycles. The number of carbonyl (C=O) groups excluding carboxylic acids is 1. The van der Waals surface area contributed by atoms with E-state index in [1.807, 2.05) is 37.3 Å². The summed E-state index contributed by atoms with van der Waals surface area (Å²) < 4.78 is 11.1. The fourth-order valence-electron chi connectivity index (χ4n) is 2.60. The first kappa shape index (κ1) is 17.4. The molecule has 130 valence electrons. The van der Waals surface area contributed by atoms with Crippen LogP contribution in [0.2, 0.25) is 5.02 Å². The SMILES string of the molecule is CCN(Cc1ccc2c(c1)OCCO2)C(=O)/C=C/c1ccc(Cl)cc1. The van der Waals surface area contributed by atoms with E-state index in [9.17, 15) is 4.79 Å². The Balaban J connectivity index is 1.67. The van der Waals surface area contributed by atoms with Crippen LogP contribution in [0.1, 0.15) is 18.1 Å². The molecule has 4 nitrogen and oxygen atoms in total. The first-order valence-electron chi connectivity index (χ1n) is 8.27. The Hall–Kier alpha value is -2.46. The quantitative estimate of drug-likeness (QED) is 0.754. The smallest absolute Gasteiger partial charge is 0.246 e. The van der Waals surface area contributed by atoms with Crippen LogP contribution in [-0.2, 0) is 11.3 Å². The van der Waals surface area contributed by atoms with E-state index in [2.05, 4.69) is 0 Å². The molecule has 0 spiro atoms. The zero-order valence-electron chi connectivity index (χ0n) is 14.1.